The first-order valence-corrected chi connectivity index (χ1v) is 8.87. The largest absolute Gasteiger partial charge is 0.297 e. The van der Waals surface area contributed by atoms with Crippen molar-refractivity contribution in [2.45, 2.75) is 38.0 Å². The van der Waals surface area contributed by atoms with Gasteiger partial charge in [-0.2, -0.15) is 13.5 Å². The molecule has 0 aliphatic heterocycles. The summed E-state index contributed by atoms with van der Waals surface area (Å²) in [6, 6.07) is 8.31. The standard InChI is InChI=1S/C16H19ClN2O3S/c1-11-5-7-13(8-6-11)23(20,21)22-10-16(3,4)14-9-12(2)18-19-15(14)17/h5-9H,10H2,1-4H3. The van der Waals surface area contributed by atoms with Gasteiger partial charge in [0.15, 0.2) is 5.15 Å². The van der Waals surface area contributed by atoms with Crippen LogP contribution in [0.4, 0.5) is 0 Å². The predicted octanol–water partition coefficient (Wildman–Crippen LogP) is 3.43. The molecule has 0 N–H and O–H groups in total. The van der Waals surface area contributed by atoms with Crippen LogP contribution in [-0.2, 0) is 19.7 Å². The molecule has 124 valence electrons. The molecule has 1 aromatic heterocycles. The van der Waals surface area contributed by atoms with Gasteiger partial charge in [-0.15, -0.1) is 5.10 Å². The average Bonchev–Trinajstić information content (AvgIpc) is 2.48. The molecule has 5 nitrogen and oxygen atoms in total. The highest BCUT2D eigenvalue weighted by Crippen LogP contribution is 2.30. The molecule has 1 aromatic carbocycles. The summed E-state index contributed by atoms with van der Waals surface area (Å²) in [5, 5.41) is 7.99. The molecule has 0 saturated carbocycles. The van der Waals surface area contributed by atoms with Gasteiger partial charge in [0.2, 0.25) is 0 Å². The van der Waals surface area contributed by atoms with Crippen LogP contribution in [0.2, 0.25) is 5.15 Å². The Balaban J connectivity index is 2.21. The van der Waals surface area contributed by atoms with Crippen molar-refractivity contribution in [1.82, 2.24) is 10.2 Å². The third-order valence-electron chi connectivity index (χ3n) is 3.48. The lowest BCUT2D eigenvalue weighted by atomic mass is 9.87. The highest BCUT2D eigenvalue weighted by molar-refractivity contribution is 7.86. The molecule has 0 amide bonds. The molecule has 2 rings (SSSR count). The minimum Gasteiger partial charge on any atom is -0.265 e. The summed E-state index contributed by atoms with van der Waals surface area (Å²) in [5.41, 5.74) is 1.76. The molecule has 0 radical (unpaired) electrons. The fourth-order valence-electron chi connectivity index (χ4n) is 2.02. The van der Waals surface area contributed by atoms with Gasteiger partial charge in [0.25, 0.3) is 10.1 Å². The first kappa shape index (κ1) is 17.8. The van der Waals surface area contributed by atoms with Crippen LogP contribution in [0.3, 0.4) is 0 Å². The van der Waals surface area contributed by atoms with E-state index in [0.29, 0.717) is 11.3 Å². The Bertz CT molecular complexity index is 803. The van der Waals surface area contributed by atoms with Crippen molar-refractivity contribution in [3.63, 3.8) is 0 Å². The lowest BCUT2D eigenvalue weighted by Gasteiger charge is -2.25. The summed E-state index contributed by atoms with van der Waals surface area (Å²) in [7, 11) is -3.82. The predicted molar refractivity (Wildman–Crippen MR) is 89.1 cm³/mol. The normalized spacial score (nSPS) is 12.4. The number of benzene rings is 1. The van der Waals surface area contributed by atoms with Crippen LogP contribution in [-0.4, -0.2) is 25.2 Å². The van der Waals surface area contributed by atoms with E-state index < -0.39 is 15.5 Å². The van der Waals surface area contributed by atoms with Crippen LogP contribution in [0.1, 0.15) is 30.7 Å². The van der Waals surface area contributed by atoms with Crippen LogP contribution in [0.15, 0.2) is 35.2 Å². The number of aromatic nitrogens is 2. The molecule has 0 bridgehead atoms. The average molecular weight is 355 g/mol. The molecular weight excluding hydrogens is 336 g/mol. The van der Waals surface area contributed by atoms with Crippen molar-refractivity contribution in [2.24, 2.45) is 0 Å². The number of hydrogen-bond donors (Lipinski definition) is 0. The Kier molecular flexibility index (Phi) is 5.08. The number of rotatable bonds is 5. The molecule has 2 aromatic rings. The van der Waals surface area contributed by atoms with E-state index in [2.05, 4.69) is 10.2 Å². The highest BCUT2D eigenvalue weighted by atomic mass is 35.5. The van der Waals surface area contributed by atoms with Crippen LogP contribution < -0.4 is 0 Å². The first-order chi connectivity index (χ1) is 10.6. The van der Waals surface area contributed by atoms with Crippen molar-refractivity contribution in [1.29, 1.82) is 0 Å². The second-order valence-corrected chi connectivity index (χ2v) is 8.08. The van der Waals surface area contributed by atoms with Crippen molar-refractivity contribution in [2.75, 3.05) is 6.61 Å². The molecule has 0 unspecified atom stereocenters. The zero-order chi connectivity index (χ0) is 17.3. The molecule has 23 heavy (non-hydrogen) atoms. The monoisotopic (exact) mass is 354 g/mol. The smallest absolute Gasteiger partial charge is 0.265 e. The zero-order valence-corrected chi connectivity index (χ0v) is 15.1. The van der Waals surface area contributed by atoms with Crippen LogP contribution >= 0.6 is 11.6 Å². The SMILES string of the molecule is Cc1ccc(S(=O)(=O)OCC(C)(C)c2cc(C)nnc2Cl)cc1. The van der Waals surface area contributed by atoms with Gasteiger partial charge in [0.05, 0.1) is 17.2 Å². The van der Waals surface area contributed by atoms with Gasteiger partial charge in [-0.25, -0.2) is 0 Å². The van der Waals surface area contributed by atoms with Crippen LogP contribution in [0.25, 0.3) is 0 Å². The van der Waals surface area contributed by atoms with Crippen molar-refractivity contribution < 1.29 is 12.6 Å². The lowest BCUT2D eigenvalue weighted by molar-refractivity contribution is 0.245. The summed E-state index contributed by atoms with van der Waals surface area (Å²) in [4.78, 5) is 0.133. The second kappa shape index (κ2) is 6.55. The Morgan fingerprint density at radius 1 is 1.13 bits per heavy atom. The maximum absolute atomic E-state index is 12.3. The maximum atomic E-state index is 12.3. The molecule has 0 saturated heterocycles. The molecule has 0 fully saturated rings. The molecule has 0 aliphatic carbocycles. The summed E-state index contributed by atoms with van der Waals surface area (Å²) < 4.78 is 29.8. The Morgan fingerprint density at radius 3 is 2.35 bits per heavy atom. The van der Waals surface area contributed by atoms with Crippen molar-refractivity contribution >= 4 is 21.7 Å². The zero-order valence-electron chi connectivity index (χ0n) is 13.5. The van der Waals surface area contributed by atoms with E-state index in [1.807, 2.05) is 20.8 Å². The third-order valence-corrected chi connectivity index (χ3v) is 5.04. The van der Waals surface area contributed by atoms with E-state index in [-0.39, 0.29) is 16.7 Å². The number of halogens is 1. The summed E-state index contributed by atoms with van der Waals surface area (Å²) in [6.07, 6.45) is 0. The minimum atomic E-state index is -3.82. The van der Waals surface area contributed by atoms with Crippen LogP contribution in [0, 0.1) is 13.8 Å². The Morgan fingerprint density at radius 2 is 1.74 bits per heavy atom. The molecule has 1 heterocycles. The van der Waals surface area contributed by atoms with E-state index in [1.165, 1.54) is 12.1 Å². The van der Waals surface area contributed by atoms with Gasteiger partial charge in [-0.3, -0.25) is 4.18 Å². The van der Waals surface area contributed by atoms with Gasteiger partial charge >= 0.3 is 0 Å². The maximum Gasteiger partial charge on any atom is 0.297 e. The minimum absolute atomic E-state index is 0.0476. The van der Waals surface area contributed by atoms with E-state index in [1.54, 1.807) is 25.1 Å². The molecule has 0 atom stereocenters. The fourth-order valence-corrected chi connectivity index (χ4v) is 3.43. The highest BCUT2D eigenvalue weighted by Gasteiger charge is 2.28. The quantitative estimate of drug-likeness (QED) is 0.769. The summed E-state index contributed by atoms with van der Waals surface area (Å²) >= 11 is 6.09. The molecular formula is C16H19ClN2O3S. The van der Waals surface area contributed by atoms with Gasteiger partial charge < -0.3 is 0 Å². The number of hydrogen-bond acceptors (Lipinski definition) is 5. The fraction of sp³-hybridized carbons (Fsp3) is 0.375. The molecule has 0 aliphatic rings. The van der Waals surface area contributed by atoms with Gasteiger partial charge in [0.1, 0.15) is 0 Å². The van der Waals surface area contributed by atoms with Gasteiger partial charge in [-0.05, 0) is 32.0 Å². The van der Waals surface area contributed by atoms with Gasteiger partial charge in [0, 0.05) is 11.0 Å². The van der Waals surface area contributed by atoms with Crippen molar-refractivity contribution in [3.05, 3.63) is 52.3 Å². The van der Waals surface area contributed by atoms with E-state index in [4.69, 9.17) is 15.8 Å². The lowest BCUT2D eigenvalue weighted by Crippen LogP contribution is -2.27. The second-order valence-electron chi connectivity index (χ2n) is 6.10. The number of aryl methyl sites for hydroxylation is 2. The molecule has 0 spiro atoms. The van der Waals surface area contributed by atoms with Gasteiger partial charge in [-0.1, -0.05) is 43.1 Å². The summed E-state index contributed by atoms with van der Waals surface area (Å²) in [6.45, 7) is 7.34. The Labute approximate surface area is 141 Å². The van der Waals surface area contributed by atoms with Crippen molar-refractivity contribution in [3.8, 4) is 0 Å². The van der Waals surface area contributed by atoms with E-state index in [9.17, 15) is 8.42 Å². The van der Waals surface area contributed by atoms with E-state index in [0.717, 1.165) is 5.56 Å². The summed E-state index contributed by atoms with van der Waals surface area (Å²) in [5.74, 6) is 0. The topological polar surface area (TPSA) is 69.2 Å². The third kappa shape index (κ3) is 4.28. The van der Waals surface area contributed by atoms with E-state index >= 15 is 0 Å². The van der Waals surface area contributed by atoms with Crippen LogP contribution in [0.5, 0.6) is 0 Å². The Hall–Kier alpha value is -1.50. The first-order valence-electron chi connectivity index (χ1n) is 7.08. The number of nitrogens with zero attached hydrogens (tertiary/aromatic N) is 2. The molecule has 7 heteroatoms.